The molecule has 3 rings (SSSR count). The van der Waals surface area contributed by atoms with E-state index in [0.717, 1.165) is 12.0 Å². The highest BCUT2D eigenvalue weighted by molar-refractivity contribution is 6.33. The molecular formula is C19H16ClF3N2O2. The molecule has 1 heterocycles. The number of aryl methyl sites for hydroxylation is 1. The number of hydrogen-bond acceptors (Lipinski definition) is 3. The summed E-state index contributed by atoms with van der Waals surface area (Å²) in [5, 5.41) is 14.2. The zero-order valence-corrected chi connectivity index (χ0v) is 15.1. The summed E-state index contributed by atoms with van der Waals surface area (Å²) in [5.74, 6) is -1.12. The number of hydrogen-bond donors (Lipinski definition) is 1. The van der Waals surface area contributed by atoms with Crippen LogP contribution >= 0.6 is 11.6 Å². The second kappa shape index (κ2) is 6.98. The second-order valence-corrected chi connectivity index (χ2v) is 6.59. The predicted octanol–water partition coefficient (Wildman–Crippen LogP) is 4.40. The largest absolute Gasteiger partial charge is 0.438 e. The number of aliphatic hydroxyl groups is 1. The number of benzene rings is 2. The molecule has 0 fully saturated rings. The first kappa shape index (κ1) is 19.4. The van der Waals surface area contributed by atoms with Gasteiger partial charge in [0.15, 0.2) is 0 Å². The molecule has 2 aromatic rings. The van der Waals surface area contributed by atoms with Crippen molar-refractivity contribution in [3.8, 4) is 0 Å². The number of carbonyl (C=O) groups is 1. The summed E-state index contributed by atoms with van der Waals surface area (Å²) in [5.41, 5.74) is -2.23. The normalized spacial score (nSPS) is 19.9. The molecule has 0 saturated heterocycles. The Kier molecular flexibility index (Phi) is 5.01. The Morgan fingerprint density at radius 1 is 1.22 bits per heavy atom. The van der Waals surface area contributed by atoms with Gasteiger partial charge in [-0.15, -0.1) is 0 Å². The third-order valence-corrected chi connectivity index (χ3v) is 4.76. The Morgan fingerprint density at radius 2 is 1.85 bits per heavy atom. The second-order valence-electron chi connectivity index (χ2n) is 6.19. The van der Waals surface area contributed by atoms with Crippen LogP contribution in [0.15, 0.2) is 53.6 Å². The summed E-state index contributed by atoms with van der Waals surface area (Å²) >= 11 is 5.93. The fraction of sp³-hybridized carbons (Fsp3) is 0.263. The fourth-order valence-electron chi connectivity index (χ4n) is 2.82. The molecule has 1 N–H and O–H groups in total. The number of carbonyl (C=O) groups excluding carboxylic acids is 1. The van der Waals surface area contributed by atoms with E-state index in [-0.39, 0.29) is 21.3 Å². The lowest BCUT2D eigenvalue weighted by atomic mass is 9.99. The van der Waals surface area contributed by atoms with Crippen molar-refractivity contribution in [1.82, 2.24) is 5.01 Å². The van der Waals surface area contributed by atoms with Crippen molar-refractivity contribution >= 4 is 23.2 Å². The average molecular weight is 397 g/mol. The van der Waals surface area contributed by atoms with Crippen LogP contribution in [0.25, 0.3) is 0 Å². The first-order valence-electron chi connectivity index (χ1n) is 8.22. The van der Waals surface area contributed by atoms with Crippen LogP contribution in [0.2, 0.25) is 5.02 Å². The molecule has 1 aliphatic rings. The molecular weight excluding hydrogens is 381 g/mol. The van der Waals surface area contributed by atoms with Gasteiger partial charge in [0.25, 0.3) is 11.6 Å². The van der Waals surface area contributed by atoms with Gasteiger partial charge in [0.2, 0.25) is 0 Å². The predicted molar refractivity (Wildman–Crippen MR) is 95.6 cm³/mol. The molecule has 0 aromatic heterocycles. The minimum Gasteiger partial charge on any atom is -0.362 e. The lowest BCUT2D eigenvalue weighted by Crippen LogP contribution is -2.56. The van der Waals surface area contributed by atoms with Gasteiger partial charge in [-0.05, 0) is 29.7 Å². The van der Waals surface area contributed by atoms with Crippen LogP contribution in [0.5, 0.6) is 0 Å². The highest BCUT2D eigenvalue weighted by atomic mass is 35.5. The molecule has 0 radical (unpaired) electrons. The lowest BCUT2D eigenvalue weighted by molar-refractivity contribution is -0.297. The fourth-order valence-corrected chi connectivity index (χ4v) is 3.04. The third-order valence-electron chi connectivity index (χ3n) is 4.43. The number of halogens is 4. The van der Waals surface area contributed by atoms with E-state index in [4.69, 9.17) is 11.6 Å². The molecule has 27 heavy (non-hydrogen) atoms. The van der Waals surface area contributed by atoms with Gasteiger partial charge in [-0.25, -0.2) is 0 Å². The maximum absolute atomic E-state index is 13.6. The number of nitrogens with zero attached hydrogens (tertiary/aromatic N) is 2. The van der Waals surface area contributed by atoms with Crippen molar-refractivity contribution in [3.63, 3.8) is 0 Å². The van der Waals surface area contributed by atoms with E-state index >= 15 is 0 Å². The molecule has 0 bridgehead atoms. The summed E-state index contributed by atoms with van der Waals surface area (Å²) in [6.07, 6.45) is -5.19. The Morgan fingerprint density at radius 3 is 2.41 bits per heavy atom. The molecule has 142 valence electrons. The van der Waals surface area contributed by atoms with Crippen molar-refractivity contribution in [2.45, 2.75) is 31.7 Å². The molecule has 1 amide bonds. The summed E-state index contributed by atoms with van der Waals surface area (Å²) in [7, 11) is 0. The average Bonchev–Trinajstić information content (AvgIpc) is 3.00. The summed E-state index contributed by atoms with van der Waals surface area (Å²) < 4.78 is 40.9. The summed E-state index contributed by atoms with van der Waals surface area (Å²) in [4.78, 5) is 12.7. The Bertz CT molecular complexity index is 897. The van der Waals surface area contributed by atoms with Gasteiger partial charge < -0.3 is 5.11 Å². The van der Waals surface area contributed by atoms with Gasteiger partial charge in [0, 0.05) is 0 Å². The maximum atomic E-state index is 13.6. The van der Waals surface area contributed by atoms with E-state index in [1.54, 1.807) is 30.3 Å². The zero-order chi connectivity index (χ0) is 19.8. The maximum Gasteiger partial charge on any atom is 0.438 e. The van der Waals surface area contributed by atoms with Gasteiger partial charge in [-0.1, -0.05) is 54.9 Å². The molecule has 0 spiro atoms. The van der Waals surface area contributed by atoms with Crippen molar-refractivity contribution < 1.29 is 23.1 Å². The Hall–Kier alpha value is -2.38. The minimum absolute atomic E-state index is 0.0250. The number of hydrazone groups is 1. The van der Waals surface area contributed by atoms with Crippen molar-refractivity contribution in [3.05, 3.63) is 70.2 Å². The van der Waals surface area contributed by atoms with Crippen LogP contribution in [-0.4, -0.2) is 33.6 Å². The van der Waals surface area contributed by atoms with E-state index in [9.17, 15) is 23.1 Å². The molecule has 0 saturated carbocycles. The molecule has 4 nitrogen and oxygen atoms in total. The van der Waals surface area contributed by atoms with E-state index in [1.165, 1.54) is 18.2 Å². The standard InChI is InChI=1S/C19H16ClF3N2O2/c1-2-12-7-9-13(10-8-12)16-11-18(27,19(21,22)23)25(24-16)17(26)14-5-3-4-6-15(14)20/h3-10,27H,2,11H2,1H3/t18-/m1/s1. The van der Waals surface area contributed by atoms with Crippen LogP contribution in [0, 0.1) is 0 Å². The van der Waals surface area contributed by atoms with Gasteiger partial charge in [0.1, 0.15) is 0 Å². The van der Waals surface area contributed by atoms with Crippen molar-refractivity contribution in [2.75, 3.05) is 0 Å². The van der Waals surface area contributed by atoms with Gasteiger partial charge >= 0.3 is 6.18 Å². The molecule has 0 aliphatic carbocycles. The highest BCUT2D eigenvalue weighted by Gasteiger charge is 2.63. The molecule has 1 aliphatic heterocycles. The Balaban J connectivity index is 2.05. The van der Waals surface area contributed by atoms with Crippen molar-refractivity contribution in [1.29, 1.82) is 0 Å². The summed E-state index contributed by atoms with van der Waals surface area (Å²) in [6.45, 7) is 1.95. The summed E-state index contributed by atoms with van der Waals surface area (Å²) in [6, 6.07) is 12.5. The minimum atomic E-state index is -5.10. The van der Waals surface area contributed by atoms with E-state index in [2.05, 4.69) is 5.10 Å². The van der Waals surface area contributed by atoms with Gasteiger partial charge in [-0.2, -0.15) is 23.3 Å². The first-order valence-corrected chi connectivity index (χ1v) is 8.60. The molecule has 2 aromatic carbocycles. The van der Waals surface area contributed by atoms with E-state index in [1.807, 2.05) is 6.92 Å². The molecule has 0 unspecified atom stereocenters. The smallest absolute Gasteiger partial charge is 0.362 e. The molecule has 8 heteroatoms. The van der Waals surface area contributed by atoms with Gasteiger partial charge in [0.05, 0.1) is 22.7 Å². The van der Waals surface area contributed by atoms with Gasteiger partial charge in [-0.3, -0.25) is 4.79 Å². The van der Waals surface area contributed by atoms with Crippen LogP contribution in [0.3, 0.4) is 0 Å². The number of rotatable bonds is 3. The third kappa shape index (κ3) is 3.44. The lowest BCUT2D eigenvalue weighted by Gasteiger charge is -2.32. The highest BCUT2D eigenvalue weighted by Crippen LogP contribution is 2.42. The van der Waals surface area contributed by atoms with E-state index < -0.39 is 24.2 Å². The zero-order valence-electron chi connectivity index (χ0n) is 14.3. The van der Waals surface area contributed by atoms with Crippen LogP contribution in [-0.2, 0) is 6.42 Å². The SMILES string of the molecule is CCc1ccc(C2=NN(C(=O)c3ccccc3Cl)[C@](O)(C(F)(F)F)C2)cc1. The number of alkyl halides is 3. The topological polar surface area (TPSA) is 52.9 Å². The molecule has 1 atom stereocenters. The van der Waals surface area contributed by atoms with E-state index in [0.29, 0.717) is 5.56 Å². The van der Waals surface area contributed by atoms with Crippen LogP contribution in [0.4, 0.5) is 13.2 Å². The first-order chi connectivity index (χ1) is 12.7. The van der Waals surface area contributed by atoms with Crippen LogP contribution in [0.1, 0.15) is 34.8 Å². The monoisotopic (exact) mass is 396 g/mol. The van der Waals surface area contributed by atoms with Crippen LogP contribution < -0.4 is 0 Å². The quantitative estimate of drug-likeness (QED) is 0.835. The van der Waals surface area contributed by atoms with Crippen molar-refractivity contribution in [2.24, 2.45) is 5.10 Å². The Labute approximate surface area is 158 Å². The number of amides is 1.